The highest BCUT2D eigenvalue weighted by atomic mass is 16.2. The van der Waals surface area contributed by atoms with Crippen molar-refractivity contribution in [2.75, 3.05) is 44.7 Å². The molecule has 3 rings (SSSR count). The molecule has 0 aliphatic carbocycles. The summed E-state index contributed by atoms with van der Waals surface area (Å²) in [6.07, 6.45) is 7.41. The lowest BCUT2D eigenvalue weighted by molar-refractivity contribution is 0.0687. The van der Waals surface area contributed by atoms with E-state index < -0.39 is 0 Å². The van der Waals surface area contributed by atoms with Gasteiger partial charge in [-0.15, -0.1) is 0 Å². The Bertz CT molecular complexity index is 514. The Kier molecular flexibility index (Phi) is 6.13. The van der Waals surface area contributed by atoms with Gasteiger partial charge in [0, 0.05) is 37.4 Å². The van der Waals surface area contributed by atoms with E-state index in [9.17, 15) is 4.79 Å². The number of nitrogens with one attached hydrogen (secondary N) is 1. The van der Waals surface area contributed by atoms with Gasteiger partial charge in [-0.25, -0.2) is 0 Å². The molecule has 2 fully saturated rings. The molecule has 4 nitrogen and oxygen atoms in total. The van der Waals surface area contributed by atoms with Crippen LogP contribution >= 0.6 is 0 Å². The van der Waals surface area contributed by atoms with Crippen molar-refractivity contribution >= 4 is 11.6 Å². The van der Waals surface area contributed by atoms with Crippen LogP contribution < -0.4 is 10.2 Å². The lowest BCUT2D eigenvalue weighted by Gasteiger charge is -2.32. The van der Waals surface area contributed by atoms with Crippen LogP contribution in [0.3, 0.4) is 0 Å². The van der Waals surface area contributed by atoms with Crippen molar-refractivity contribution in [2.24, 2.45) is 5.92 Å². The van der Waals surface area contributed by atoms with E-state index >= 15 is 0 Å². The number of benzene rings is 1. The second-order valence-corrected chi connectivity index (χ2v) is 7.22. The highest BCUT2D eigenvalue weighted by Gasteiger charge is 2.23. The summed E-state index contributed by atoms with van der Waals surface area (Å²) in [5.74, 6) is 0.968. The number of rotatable bonds is 5. The van der Waals surface area contributed by atoms with E-state index in [4.69, 9.17) is 0 Å². The lowest BCUT2D eigenvalue weighted by Crippen LogP contribution is -2.39. The summed E-state index contributed by atoms with van der Waals surface area (Å²) >= 11 is 0. The molecule has 0 radical (unpaired) electrons. The maximum absolute atomic E-state index is 12.7. The van der Waals surface area contributed by atoms with Crippen LogP contribution in [-0.4, -0.2) is 50.6 Å². The Morgan fingerprint density at radius 1 is 1.04 bits per heavy atom. The molecular formula is C20H31N3O. The molecule has 0 aromatic heterocycles. The van der Waals surface area contributed by atoms with Gasteiger partial charge in [0.05, 0.1) is 0 Å². The summed E-state index contributed by atoms with van der Waals surface area (Å²) in [5, 5.41) is 3.22. The molecule has 132 valence electrons. The largest absolute Gasteiger partial charge is 0.372 e. The summed E-state index contributed by atoms with van der Waals surface area (Å²) in [6, 6.07) is 8.27. The zero-order chi connectivity index (χ0) is 16.8. The van der Waals surface area contributed by atoms with Crippen LogP contribution in [0.1, 0.15) is 48.9 Å². The summed E-state index contributed by atoms with van der Waals surface area (Å²) < 4.78 is 0. The standard InChI is InChI=1S/C20H31N3O/c1-21-12-9-17-10-15-23(16-11-17)20(24)18-5-7-19(8-6-18)22-13-3-2-4-14-22/h5-8,17,21H,2-4,9-16H2,1H3. The van der Waals surface area contributed by atoms with Crippen LogP contribution in [0, 0.1) is 5.92 Å². The Labute approximate surface area is 146 Å². The Hall–Kier alpha value is -1.55. The first kappa shape index (κ1) is 17.3. The monoisotopic (exact) mass is 329 g/mol. The molecule has 2 heterocycles. The van der Waals surface area contributed by atoms with Gasteiger partial charge < -0.3 is 15.1 Å². The van der Waals surface area contributed by atoms with Crippen LogP contribution in [-0.2, 0) is 0 Å². The third kappa shape index (κ3) is 4.29. The van der Waals surface area contributed by atoms with E-state index in [1.54, 1.807) is 0 Å². The molecule has 0 spiro atoms. The number of piperidine rings is 2. The van der Waals surface area contributed by atoms with Gasteiger partial charge in [0.25, 0.3) is 5.91 Å². The molecule has 0 saturated carbocycles. The van der Waals surface area contributed by atoms with E-state index in [0.29, 0.717) is 0 Å². The van der Waals surface area contributed by atoms with Crippen molar-refractivity contribution in [1.29, 1.82) is 0 Å². The molecule has 4 heteroatoms. The molecule has 1 aromatic rings. The molecule has 2 aliphatic rings. The number of amides is 1. The number of nitrogens with zero attached hydrogens (tertiary/aromatic N) is 2. The molecular weight excluding hydrogens is 298 g/mol. The van der Waals surface area contributed by atoms with E-state index in [2.05, 4.69) is 22.3 Å². The molecule has 1 amide bonds. The van der Waals surface area contributed by atoms with Crippen LogP contribution in [0.15, 0.2) is 24.3 Å². The number of carbonyl (C=O) groups excluding carboxylic acids is 1. The summed E-state index contributed by atoms with van der Waals surface area (Å²) in [5.41, 5.74) is 2.10. The lowest BCUT2D eigenvalue weighted by atomic mass is 9.93. The summed E-state index contributed by atoms with van der Waals surface area (Å²) in [6.45, 7) is 5.18. The van der Waals surface area contributed by atoms with Gasteiger partial charge in [-0.05, 0) is 82.3 Å². The topological polar surface area (TPSA) is 35.6 Å². The van der Waals surface area contributed by atoms with Gasteiger partial charge in [-0.1, -0.05) is 0 Å². The second-order valence-electron chi connectivity index (χ2n) is 7.22. The van der Waals surface area contributed by atoms with Crippen molar-refractivity contribution in [1.82, 2.24) is 10.2 Å². The average molecular weight is 329 g/mol. The summed E-state index contributed by atoms with van der Waals surface area (Å²) in [7, 11) is 2.01. The first-order valence-electron chi connectivity index (χ1n) is 9.57. The average Bonchev–Trinajstić information content (AvgIpc) is 2.67. The molecule has 1 N–H and O–H groups in total. The maximum Gasteiger partial charge on any atom is 0.253 e. The molecule has 1 aromatic carbocycles. The van der Waals surface area contributed by atoms with Gasteiger partial charge in [-0.2, -0.15) is 0 Å². The first-order valence-corrected chi connectivity index (χ1v) is 9.57. The third-order valence-electron chi connectivity index (χ3n) is 5.54. The van der Waals surface area contributed by atoms with Crippen molar-refractivity contribution in [3.63, 3.8) is 0 Å². The normalized spacial score (nSPS) is 19.5. The van der Waals surface area contributed by atoms with Crippen LogP contribution in [0.4, 0.5) is 5.69 Å². The van der Waals surface area contributed by atoms with Gasteiger partial charge in [0.15, 0.2) is 0 Å². The third-order valence-corrected chi connectivity index (χ3v) is 5.54. The molecule has 0 unspecified atom stereocenters. The predicted molar refractivity (Wildman–Crippen MR) is 99.7 cm³/mol. The molecule has 2 aliphatic heterocycles. The fraction of sp³-hybridized carbons (Fsp3) is 0.650. The van der Waals surface area contributed by atoms with E-state index in [1.807, 2.05) is 24.1 Å². The molecule has 24 heavy (non-hydrogen) atoms. The van der Waals surface area contributed by atoms with Gasteiger partial charge in [0.1, 0.15) is 0 Å². The number of hydrogen-bond donors (Lipinski definition) is 1. The predicted octanol–water partition coefficient (Wildman–Crippen LogP) is 3.14. The Balaban J connectivity index is 1.53. The van der Waals surface area contributed by atoms with Gasteiger partial charge >= 0.3 is 0 Å². The van der Waals surface area contributed by atoms with Crippen molar-refractivity contribution in [3.05, 3.63) is 29.8 Å². The molecule has 0 bridgehead atoms. The maximum atomic E-state index is 12.7. The molecule has 0 atom stereocenters. The zero-order valence-electron chi connectivity index (χ0n) is 15.0. The number of anilines is 1. The van der Waals surface area contributed by atoms with Crippen LogP contribution in [0.25, 0.3) is 0 Å². The number of carbonyl (C=O) groups is 1. The Morgan fingerprint density at radius 2 is 1.71 bits per heavy atom. The Morgan fingerprint density at radius 3 is 2.33 bits per heavy atom. The second kappa shape index (κ2) is 8.52. The molecule has 2 saturated heterocycles. The summed E-state index contributed by atoms with van der Waals surface area (Å²) in [4.78, 5) is 17.2. The number of likely N-dealkylation sites (tertiary alicyclic amines) is 1. The van der Waals surface area contributed by atoms with Crippen molar-refractivity contribution in [3.8, 4) is 0 Å². The van der Waals surface area contributed by atoms with E-state index in [0.717, 1.165) is 57.0 Å². The van der Waals surface area contributed by atoms with Crippen LogP contribution in [0.5, 0.6) is 0 Å². The fourth-order valence-corrected chi connectivity index (χ4v) is 3.92. The highest BCUT2D eigenvalue weighted by Crippen LogP contribution is 2.23. The minimum Gasteiger partial charge on any atom is -0.372 e. The SMILES string of the molecule is CNCCC1CCN(C(=O)c2ccc(N3CCCCC3)cc2)CC1. The fourth-order valence-electron chi connectivity index (χ4n) is 3.92. The smallest absolute Gasteiger partial charge is 0.253 e. The first-order chi connectivity index (χ1) is 11.8. The van der Waals surface area contributed by atoms with Gasteiger partial charge in [-0.3, -0.25) is 4.79 Å². The van der Waals surface area contributed by atoms with E-state index in [1.165, 1.54) is 31.4 Å². The number of hydrogen-bond acceptors (Lipinski definition) is 3. The van der Waals surface area contributed by atoms with E-state index in [-0.39, 0.29) is 5.91 Å². The van der Waals surface area contributed by atoms with Crippen molar-refractivity contribution < 1.29 is 4.79 Å². The minimum absolute atomic E-state index is 0.201. The van der Waals surface area contributed by atoms with Crippen molar-refractivity contribution in [2.45, 2.75) is 38.5 Å². The quantitative estimate of drug-likeness (QED) is 0.901. The van der Waals surface area contributed by atoms with Crippen LogP contribution in [0.2, 0.25) is 0 Å². The minimum atomic E-state index is 0.201. The zero-order valence-corrected chi connectivity index (χ0v) is 15.0. The van der Waals surface area contributed by atoms with Gasteiger partial charge in [0.2, 0.25) is 0 Å². The highest BCUT2D eigenvalue weighted by molar-refractivity contribution is 5.94.